The van der Waals surface area contributed by atoms with Crippen LogP contribution in [0.1, 0.15) is 13.8 Å². The van der Waals surface area contributed by atoms with E-state index in [-0.39, 0.29) is 6.61 Å². The molecule has 1 aromatic carbocycles. The number of benzene rings is 1. The summed E-state index contributed by atoms with van der Waals surface area (Å²) < 4.78 is 5.48. The predicted molar refractivity (Wildman–Crippen MR) is 75.8 cm³/mol. The quantitative estimate of drug-likeness (QED) is 0.838. The van der Waals surface area contributed by atoms with Gasteiger partial charge in [-0.05, 0) is 25.2 Å². The van der Waals surface area contributed by atoms with Crippen molar-refractivity contribution < 1.29 is 9.84 Å². The Hall–Kier alpha value is -0.480. The van der Waals surface area contributed by atoms with Crippen molar-refractivity contribution in [3.05, 3.63) is 28.2 Å². The number of halogens is 2. The van der Waals surface area contributed by atoms with Gasteiger partial charge in [0.15, 0.2) is 0 Å². The van der Waals surface area contributed by atoms with Gasteiger partial charge in [0.1, 0.15) is 18.5 Å². The lowest BCUT2D eigenvalue weighted by molar-refractivity contribution is 0.0717. The van der Waals surface area contributed by atoms with Gasteiger partial charge in [-0.1, -0.05) is 37.0 Å². The third-order valence-electron chi connectivity index (χ3n) is 2.69. The maximum absolute atomic E-state index is 9.86. The fourth-order valence-corrected chi connectivity index (χ4v) is 1.94. The molecule has 0 unspecified atom stereocenters. The van der Waals surface area contributed by atoms with E-state index in [1.54, 1.807) is 18.2 Å². The van der Waals surface area contributed by atoms with Crippen LogP contribution in [-0.4, -0.2) is 42.4 Å². The van der Waals surface area contributed by atoms with Crippen molar-refractivity contribution >= 4 is 23.2 Å². The van der Waals surface area contributed by atoms with Gasteiger partial charge in [-0.25, -0.2) is 0 Å². The van der Waals surface area contributed by atoms with E-state index in [1.807, 2.05) is 0 Å². The second-order valence-electron chi connectivity index (χ2n) is 4.03. The molecular weight excluding hydrogens is 273 g/mol. The summed E-state index contributed by atoms with van der Waals surface area (Å²) in [5.74, 6) is 0.503. The Kier molecular flexibility index (Phi) is 6.79. The Morgan fingerprint density at radius 3 is 2.56 bits per heavy atom. The number of likely N-dealkylation sites (N-methyl/N-ethyl adjacent to an activating group) is 1. The van der Waals surface area contributed by atoms with Crippen LogP contribution in [0.15, 0.2) is 18.2 Å². The molecule has 0 aliphatic rings. The van der Waals surface area contributed by atoms with E-state index in [1.165, 1.54) is 0 Å². The summed E-state index contributed by atoms with van der Waals surface area (Å²) in [6.07, 6.45) is -0.542. The highest BCUT2D eigenvalue weighted by Crippen LogP contribution is 2.27. The molecule has 0 aliphatic heterocycles. The molecule has 3 nitrogen and oxygen atoms in total. The smallest absolute Gasteiger partial charge is 0.139 e. The second kappa shape index (κ2) is 7.85. The summed E-state index contributed by atoms with van der Waals surface area (Å²) >= 11 is 11.8. The van der Waals surface area contributed by atoms with Gasteiger partial charge in [-0.3, -0.25) is 0 Å². The summed E-state index contributed by atoms with van der Waals surface area (Å²) in [7, 11) is 0. The zero-order chi connectivity index (χ0) is 13.5. The van der Waals surface area contributed by atoms with Gasteiger partial charge < -0.3 is 14.7 Å². The molecule has 102 valence electrons. The van der Waals surface area contributed by atoms with Crippen molar-refractivity contribution in [3.8, 4) is 5.75 Å². The molecule has 1 aromatic rings. The largest absolute Gasteiger partial charge is 0.489 e. The molecule has 0 aliphatic carbocycles. The van der Waals surface area contributed by atoms with Crippen molar-refractivity contribution in [3.63, 3.8) is 0 Å². The molecule has 0 amide bonds. The maximum Gasteiger partial charge on any atom is 0.139 e. The van der Waals surface area contributed by atoms with Crippen molar-refractivity contribution in [1.29, 1.82) is 0 Å². The fraction of sp³-hybridized carbons (Fsp3) is 0.538. The van der Waals surface area contributed by atoms with Crippen LogP contribution in [0.25, 0.3) is 0 Å². The lowest BCUT2D eigenvalue weighted by atomic mass is 10.3. The van der Waals surface area contributed by atoms with E-state index >= 15 is 0 Å². The molecule has 0 spiro atoms. The number of rotatable bonds is 7. The Morgan fingerprint density at radius 1 is 1.28 bits per heavy atom. The van der Waals surface area contributed by atoms with Gasteiger partial charge in [0.05, 0.1) is 5.02 Å². The number of hydrogen-bond donors (Lipinski definition) is 1. The fourth-order valence-electron chi connectivity index (χ4n) is 1.61. The van der Waals surface area contributed by atoms with Crippen LogP contribution in [-0.2, 0) is 0 Å². The lowest BCUT2D eigenvalue weighted by Gasteiger charge is -2.22. The second-order valence-corrected chi connectivity index (χ2v) is 4.87. The van der Waals surface area contributed by atoms with Crippen LogP contribution in [0.3, 0.4) is 0 Å². The van der Waals surface area contributed by atoms with Crippen LogP contribution in [0.5, 0.6) is 5.75 Å². The molecule has 0 bridgehead atoms. The first-order chi connectivity index (χ1) is 8.56. The van der Waals surface area contributed by atoms with Crippen LogP contribution in [0.4, 0.5) is 0 Å². The Labute approximate surface area is 118 Å². The van der Waals surface area contributed by atoms with E-state index in [9.17, 15) is 5.11 Å². The first kappa shape index (κ1) is 15.6. The topological polar surface area (TPSA) is 32.7 Å². The third-order valence-corrected chi connectivity index (χ3v) is 3.24. The average molecular weight is 292 g/mol. The summed E-state index contributed by atoms with van der Waals surface area (Å²) in [5.41, 5.74) is 0. The number of aliphatic hydroxyl groups is 1. The lowest BCUT2D eigenvalue weighted by Crippen LogP contribution is -2.35. The highest BCUT2D eigenvalue weighted by Gasteiger charge is 2.11. The Balaban J connectivity index is 2.46. The van der Waals surface area contributed by atoms with Crippen LogP contribution >= 0.6 is 23.2 Å². The van der Waals surface area contributed by atoms with Gasteiger partial charge in [-0.2, -0.15) is 0 Å². The average Bonchev–Trinajstić information content (AvgIpc) is 2.37. The molecule has 1 N–H and O–H groups in total. The zero-order valence-electron chi connectivity index (χ0n) is 10.7. The number of aliphatic hydroxyl groups excluding tert-OH is 1. The van der Waals surface area contributed by atoms with Crippen molar-refractivity contribution in [2.24, 2.45) is 0 Å². The normalized spacial score (nSPS) is 12.8. The van der Waals surface area contributed by atoms with Crippen molar-refractivity contribution in [2.75, 3.05) is 26.2 Å². The molecule has 1 rings (SSSR count). The molecule has 5 heteroatoms. The zero-order valence-corrected chi connectivity index (χ0v) is 12.2. The minimum Gasteiger partial charge on any atom is -0.489 e. The molecule has 18 heavy (non-hydrogen) atoms. The van der Waals surface area contributed by atoms with E-state index in [2.05, 4.69) is 18.7 Å². The minimum atomic E-state index is -0.542. The van der Waals surface area contributed by atoms with Crippen LogP contribution in [0, 0.1) is 0 Å². The maximum atomic E-state index is 9.86. The van der Waals surface area contributed by atoms with Gasteiger partial charge in [0.25, 0.3) is 0 Å². The number of ether oxygens (including phenoxy) is 1. The molecular formula is C13H19Cl2NO2. The van der Waals surface area contributed by atoms with E-state index in [4.69, 9.17) is 27.9 Å². The summed E-state index contributed by atoms with van der Waals surface area (Å²) in [4.78, 5) is 2.13. The minimum absolute atomic E-state index is 0.205. The summed E-state index contributed by atoms with van der Waals surface area (Å²) in [6, 6.07) is 5.02. The summed E-state index contributed by atoms with van der Waals surface area (Å²) in [6.45, 7) is 6.73. The van der Waals surface area contributed by atoms with Gasteiger partial charge >= 0.3 is 0 Å². The van der Waals surface area contributed by atoms with Crippen LogP contribution in [0.2, 0.25) is 10.0 Å². The molecule has 0 aromatic heterocycles. The first-order valence-electron chi connectivity index (χ1n) is 6.05. The van der Waals surface area contributed by atoms with E-state index in [0.29, 0.717) is 22.3 Å². The SMILES string of the molecule is CCN(CC)C[C@@H](O)COc1cc(Cl)ccc1Cl. The number of hydrogen-bond acceptors (Lipinski definition) is 3. The summed E-state index contributed by atoms with van der Waals surface area (Å²) in [5, 5.41) is 10.9. The Morgan fingerprint density at radius 2 is 1.94 bits per heavy atom. The Bertz CT molecular complexity index is 370. The first-order valence-corrected chi connectivity index (χ1v) is 6.80. The predicted octanol–water partition coefficient (Wildman–Crippen LogP) is 3.07. The highest BCUT2D eigenvalue weighted by molar-refractivity contribution is 6.34. The van der Waals surface area contributed by atoms with E-state index in [0.717, 1.165) is 13.1 Å². The number of nitrogens with zero attached hydrogens (tertiary/aromatic N) is 1. The molecule has 0 saturated carbocycles. The van der Waals surface area contributed by atoms with Gasteiger partial charge in [0, 0.05) is 17.6 Å². The third kappa shape index (κ3) is 5.02. The molecule has 0 saturated heterocycles. The molecule has 0 heterocycles. The van der Waals surface area contributed by atoms with Crippen LogP contribution < -0.4 is 4.74 Å². The standard InChI is InChI=1S/C13H19Cl2NO2/c1-3-16(4-2)8-11(17)9-18-13-7-10(14)5-6-12(13)15/h5-7,11,17H,3-4,8-9H2,1-2H3/t11-/m1/s1. The van der Waals surface area contributed by atoms with Gasteiger partial charge in [0.2, 0.25) is 0 Å². The monoisotopic (exact) mass is 291 g/mol. The van der Waals surface area contributed by atoms with E-state index < -0.39 is 6.10 Å². The molecule has 0 fully saturated rings. The highest BCUT2D eigenvalue weighted by atomic mass is 35.5. The van der Waals surface area contributed by atoms with Crippen molar-refractivity contribution in [1.82, 2.24) is 4.90 Å². The van der Waals surface area contributed by atoms with Crippen molar-refractivity contribution in [2.45, 2.75) is 20.0 Å². The van der Waals surface area contributed by atoms with Gasteiger partial charge in [-0.15, -0.1) is 0 Å². The molecule has 0 radical (unpaired) electrons. The molecule has 1 atom stereocenters.